The number of carbonyl (C=O) groups excluding carboxylic acids is 1. The maximum atomic E-state index is 12.8. The highest BCUT2D eigenvalue weighted by Crippen LogP contribution is 2.08. The summed E-state index contributed by atoms with van der Waals surface area (Å²) in [6, 6.07) is 3.22. The van der Waals surface area contributed by atoms with Crippen LogP contribution in [-0.4, -0.2) is 6.41 Å². The molecule has 0 aliphatic heterocycles. The standard InChI is InChI=1S/C8H7F2NO/c9-7-2-1-6(4-11-5-12)8(10)3-7/h1-3,5H,4H2,(H,11,12). The van der Waals surface area contributed by atoms with Crippen LogP contribution < -0.4 is 5.32 Å². The molecule has 0 unspecified atom stereocenters. The van der Waals surface area contributed by atoms with Gasteiger partial charge in [-0.25, -0.2) is 8.78 Å². The minimum absolute atomic E-state index is 0.0790. The van der Waals surface area contributed by atoms with E-state index in [2.05, 4.69) is 5.32 Å². The maximum absolute atomic E-state index is 12.8. The van der Waals surface area contributed by atoms with E-state index in [-0.39, 0.29) is 12.1 Å². The van der Waals surface area contributed by atoms with Crippen molar-refractivity contribution in [1.29, 1.82) is 0 Å². The van der Waals surface area contributed by atoms with Gasteiger partial charge in [0.05, 0.1) is 0 Å². The second-order valence-electron chi connectivity index (χ2n) is 2.23. The lowest BCUT2D eigenvalue weighted by Crippen LogP contribution is -2.11. The molecule has 0 aliphatic carbocycles. The molecule has 0 radical (unpaired) electrons. The summed E-state index contributed by atoms with van der Waals surface area (Å²) in [5.41, 5.74) is 0.267. The Morgan fingerprint density at radius 2 is 2.17 bits per heavy atom. The van der Waals surface area contributed by atoms with Crippen LogP contribution in [0.25, 0.3) is 0 Å². The van der Waals surface area contributed by atoms with Crippen LogP contribution in [-0.2, 0) is 11.3 Å². The first-order chi connectivity index (χ1) is 5.74. The molecule has 1 aromatic rings. The molecular weight excluding hydrogens is 164 g/mol. The van der Waals surface area contributed by atoms with Crippen LogP contribution in [0.4, 0.5) is 8.78 Å². The fourth-order valence-corrected chi connectivity index (χ4v) is 0.817. The van der Waals surface area contributed by atoms with Crippen molar-refractivity contribution in [3.8, 4) is 0 Å². The Kier molecular flexibility index (Phi) is 2.74. The zero-order valence-corrected chi connectivity index (χ0v) is 6.18. The van der Waals surface area contributed by atoms with Crippen LogP contribution in [0.3, 0.4) is 0 Å². The third-order valence-electron chi connectivity index (χ3n) is 1.39. The van der Waals surface area contributed by atoms with E-state index in [9.17, 15) is 13.6 Å². The van der Waals surface area contributed by atoms with Gasteiger partial charge in [-0.05, 0) is 6.07 Å². The van der Waals surface area contributed by atoms with E-state index in [4.69, 9.17) is 0 Å². The van der Waals surface area contributed by atoms with Crippen LogP contribution >= 0.6 is 0 Å². The van der Waals surface area contributed by atoms with Gasteiger partial charge in [-0.2, -0.15) is 0 Å². The van der Waals surface area contributed by atoms with E-state index in [1.54, 1.807) is 0 Å². The summed E-state index contributed by atoms with van der Waals surface area (Å²) in [5, 5.41) is 2.28. The smallest absolute Gasteiger partial charge is 0.207 e. The van der Waals surface area contributed by atoms with Gasteiger partial charge in [-0.1, -0.05) is 6.07 Å². The largest absolute Gasteiger partial charge is 0.354 e. The molecule has 4 heteroatoms. The third-order valence-corrected chi connectivity index (χ3v) is 1.39. The summed E-state index contributed by atoms with van der Waals surface area (Å²) in [5.74, 6) is -1.27. The molecule has 1 rings (SSSR count). The van der Waals surface area contributed by atoms with Gasteiger partial charge in [-0.15, -0.1) is 0 Å². The van der Waals surface area contributed by atoms with E-state index >= 15 is 0 Å². The van der Waals surface area contributed by atoms with Crippen molar-refractivity contribution >= 4 is 6.41 Å². The number of hydrogen-bond donors (Lipinski definition) is 1. The predicted octanol–water partition coefficient (Wildman–Crippen LogP) is 1.21. The molecule has 2 nitrogen and oxygen atoms in total. The number of halogens is 2. The fraction of sp³-hybridized carbons (Fsp3) is 0.125. The molecule has 0 fully saturated rings. The fourth-order valence-electron chi connectivity index (χ4n) is 0.817. The Morgan fingerprint density at radius 3 is 2.75 bits per heavy atom. The molecule has 1 N–H and O–H groups in total. The number of amides is 1. The van der Waals surface area contributed by atoms with E-state index in [0.717, 1.165) is 12.1 Å². The maximum Gasteiger partial charge on any atom is 0.207 e. The van der Waals surface area contributed by atoms with Gasteiger partial charge in [0.25, 0.3) is 0 Å². The van der Waals surface area contributed by atoms with Gasteiger partial charge < -0.3 is 5.32 Å². The van der Waals surface area contributed by atoms with Crippen LogP contribution in [0.2, 0.25) is 0 Å². The predicted molar refractivity (Wildman–Crippen MR) is 39.3 cm³/mol. The average Bonchev–Trinajstić information content (AvgIpc) is 2.03. The second-order valence-corrected chi connectivity index (χ2v) is 2.23. The van der Waals surface area contributed by atoms with Crippen molar-refractivity contribution in [2.45, 2.75) is 6.54 Å². The molecule has 0 saturated carbocycles. The molecule has 1 aromatic carbocycles. The van der Waals surface area contributed by atoms with Crippen LogP contribution in [0.1, 0.15) is 5.56 Å². The molecule has 0 spiro atoms. The topological polar surface area (TPSA) is 29.1 Å². The highest BCUT2D eigenvalue weighted by Gasteiger charge is 2.01. The van der Waals surface area contributed by atoms with Crippen molar-refractivity contribution in [2.24, 2.45) is 0 Å². The Morgan fingerprint density at radius 1 is 1.42 bits per heavy atom. The Labute approximate surface area is 68.2 Å². The van der Waals surface area contributed by atoms with E-state index in [0.29, 0.717) is 6.41 Å². The van der Waals surface area contributed by atoms with Gasteiger partial charge in [0.2, 0.25) is 6.41 Å². The van der Waals surface area contributed by atoms with Gasteiger partial charge in [-0.3, -0.25) is 4.79 Å². The molecule has 0 aliphatic rings. The molecule has 0 bridgehead atoms. The monoisotopic (exact) mass is 171 g/mol. The molecule has 1 amide bonds. The summed E-state index contributed by atoms with van der Waals surface area (Å²) in [6.45, 7) is 0.0790. The van der Waals surface area contributed by atoms with E-state index < -0.39 is 11.6 Å². The van der Waals surface area contributed by atoms with Crippen molar-refractivity contribution in [3.63, 3.8) is 0 Å². The normalized spacial score (nSPS) is 9.50. The number of nitrogens with one attached hydrogen (secondary N) is 1. The first-order valence-electron chi connectivity index (χ1n) is 3.35. The Bertz CT molecular complexity index is 288. The van der Waals surface area contributed by atoms with Crippen molar-refractivity contribution < 1.29 is 13.6 Å². The summed E-state index contributed by atoms with van der Waals surface area (Å²) in [7, 11) is 0. The van der Waals surface area contributed by atoms with E-state index in [1.807, 2.05) is 0 Å². The van der Waals surface area contributed by atoms with Gasteiger partial charge in [0.1, 0.15) is 11.6 Å². The van der Waals surface area contributed by atoms with Crippen molar-refractivity contribution in [3.05, 3.63) is 35.4 Å². The van der Waals surface area contributed by atoms with Gasteiger partial charge in [0, 0.05) is 18.2 Å². The number of carbonyl (C=O) groups is 1. The Balaban J connectivity index is 2.78. The first-order valence-corrected chi connectivity index (χ1v) is 3.35. The summed E-state index contributed by atoms with van der Waals surface area (Å²) in [4.78, 5) is 9.85. The quantitative estimate of drug-likeness (QED) is 0.680. The lowest BCUT2D eigenvalue weighted by atomic mass is 10.2. The second kappa shape index (κ2) is 3.80. The summed E-state index contributed by atoms with van der Waals surface area (Å²) < 4.78 is 25.1. The lowest BCUT2D eigenvalue weighted by Gasteiger charge is -2.00. The zero-order chi connectivity index (χ0) is 8.97. The minimum atomic E-state index is -0.649. The molecule has 12 heavy (non-hydrogen) atoms. The highest BCUT2D eigenvalue weighted by molar-refractivity contribution is 5.46. The number of rotatable bonds is 3. The first kappa shape index (κ1) is 8.64. The highest BCUT2D eigenvalue weighted by atomic mass is 19.1. The molecule has 0 atom stereocenters. The number of benzene rings is 1. The van der Waals surface area contributed by atoms with Crippen LogP contribution in [0.15, 0.2) is 18.2 Å². The van der Waals surface area contributed by atoms with Crippen LogP contribution in [0, 0.1) is 11.6 Å². The molecular formula is C8H7F2NO. The Hall–Kier alpha value is -1.45. The van der Waals surface area contributed by atoms with Crippen LogP contribution in [0.5, 0.6) is 0 Å². The average molecular weight is 171 g/mol. The SMILES string of the molecule is O=CNCc1ccc(F)cc1F. The summed E-state index contributed by atoms with van der Waals surface area (Å²) in [6.07, 6.45) is 0.461. The van der Waals surface area contributed by atoms with E-state index in [1.165, 1.54) is 6.07 Å². The zero-order valence-electron chi connectivity index (χ0n) is 6.18. The van der Waals surface area contributed by atoms with Gasteiger partial charge >= 0.3 is 0 Å². The number of hydrogen-bond acceptors (Lipinski definition) is 1. The summed E-state index contributed by atoms with van der Waals surface area (Å²) >= 11 is 0. The molecule has 0 heterocycles. The molecule has 0 aromatic heterocycles. The third kappa shape index (κ3) is 2.02. The lowest BCUT2D eigenvalue weighted by molar-refractivity contribution is -0.109. The minimum Gasteiger partial charge on any atom is -0.354 e. The van der Waals surface area contributed by atoms with Crippen molar-refractivity contribution in [1.82, 2.24) is 5.32 Å². The molecule has 64 valence electrons. The van der Waals surface area contributed by atoms with Crippen molar-refractivity contribution in [2.75, 3.05) is 0 Å². The molecule has 0 saturated heterocycles. The van der Waals surface area contributed by atoms with Gasteiger partial charge in [0.15, 0.2) is 0 Å².